The van der Waals surface area contributed by atoms with Gasteiger partial charge in [-0.25, -0.2) is 0 Å². The highest BCUT2D eigenvalue weighted by Gasteiger charge is 2.21. The van der Waals surface area contributed by atoms with Crippen LogP contribution in [0.4, 0.5) is 0 Å². The Bertz CT molecular complexity index is 195. The first-order valence-corrected chi connectivity index (χ1v) is 9.51. The molecule has 0 N–H and O–H groups in total. The first kappa shape index (κ1) is 17.1. The summed E-state index contributed by atoms with van der Waals surface area (Å²) in [4.78, 5) is 0. The Morgan fingerprint density at radius 2 is 1.81 bits per heavy atom. The van der Waals surface area contributed by atoms with Gasteiger partial charge in [-0.05, 0) is 73.3 Å². The molecule has 0 aliphatic heterocycles. The van der Waals surface area contributed by atoms with Gasteiger partial charge in [-0.15, -0.1) is 0 Å². The Labute approximate surface area is 114 Å². The van der Waals surface area contributed by atoms with Crippen LogP contribution in [0.25, 0.3) is 0 Å². The first-order valence-electron chi connectivity index (χ1n) is 5.23. The Kier molecular flexibility index (Phi) is 8.09. The molecule has 0 aliphatic carbocycles. The molecular weight excluding hydrogens is 291 g/mol. The lowest BCUT2D eigenvalue weighted by atomic mass is 10.0. The Morgan fingerprint density at radius 1 is 1.25 bits per heavy atom. The fourth-order valence-electron chi connectivity index (χ4n) is 1.14. The Balaban J connectivity index is 3.78. The minimum Gasteiger partial charge on any atom is -0.379 e. The van der Waals surface area contributed by atoms with E-state index in [0.29, 0.717) is 12.4 Å². The quantitative estimate of drug-likeness (QED) is 0.637. The van der Waals surface area contributed by atoms with Crippen LogP contribution < -0.4 is 0 Å². The number of ether oxygens (including phenoxy) is 2. The molecule has 0 spiro atoms. The molecule has 2 nitrogen and oxygen atoms in total. The normalized spacial score (nSPS) is 16.2. The number of methoxy groups -OCH3 is 1. The monoisotopic (exact) mass is 310 g/mol. The summed E-state index contributed by atoms with van der Waals surface area (Å²) in [6, 6.07) is 0. The highest BCUT2D eigenvalue weighted by atomic mass is 36.2. The van der Waals surface area contributed by atoms with Gasteiger partial charge in [-0.3, -0.25) is 0 Å². The highest BCUT2D eigenvalue weighted by Crippen LogP contribution is 2.63. The van der Waals surface area contributed by atoms with Gasteiger partial charge in [0.2, 0.25) is 0 Å². The van der Waals surface area contributed by atoms with Crippen molar-refractivity contribution in [2.24, 2.45) is 0 Å². The van der Waals surface area contributed by atoms with Crippen molar-refractivity contribution < 1.29 is 9.47 Å². The molecular formula is C10H21Cl3O2S. The molecule has 16 heavy (non-hydrogen) atoms. The molecule has 1 unspecified atom stereocenters. The van der Waals surface area contributed by atoms with E-state index in [9.17, 15) is 0 Å². The summed E-state index contributed by atoms with van der Waals surface area (Å²) in [6.07, 6.45) is 1.85. The molecule has 0 saturated heterocycles. The molecule has 0 fully saturated rings. The standard InChI is InChI=1S/C10H21Cl3O2S/c1-9(14-4)8-15-10(2,3)6-5-7-16(11,12)13/h9H,5-8H2,1-4H3. The lowest BCUT2D eigenvalue weighted by Crippen LogP contribution is -2.29. The second-order valence-corrected chi connectivity index (χ2v) is 12.0. The summed E-state index contributed by atoms with van der Waals surface area (Å²) in [7, 11) is 17.0. The lowest BCUT2D eigenvalue weighted by molar-refractivity contribution is -0.0685. The van der Waals surface area contributed by atoms with Crippen molar-refractivity contribution in [1.29, 1.82) is 0 Å². The molecule has 0 aliphatic rings. The summed E-state index contributed by atoms with van der Waals surface area (Å²) in [6.45, 7) is 6.65. The predicted molar refractivity (Wildman–Crippen MR) is 75.8 cm³/mol. The second kappa shape index (κ2) is 7.55. The molecule has 1 atom stereocenters. The van der Waals surface area contributed by atoms with Gasteiger partial charge in [-0.2, -0.15) is 0 Å². The van der Waals surface area contributed by atoms with Crippen molar-refractivity contribution in [1.82, 2.24) is 0 Å². The average Bonchev–Trinajstić information content (AvgIpc) is 2.12. The summed E-state index contributed by atoms with van der Waals surface area (Å²) >= 11 is 0. The fraction of sp³-hybridized carbons (Fsp3) is 1.00. The molecule has 100 valence electrons. The van der Waals surface area contributed by atoms with E-state index in [1.54, 1.807) is 7.11 Å². The SMILES string of the molecule is COC(C)COC(C)(C)CCCS(Cl)(Cl)Cl. The number of hydrogen-bond acceptors (Lipinski definition) is 2. The van der Waals surface area contributed by atoms with Crippen LogP contribution in [-0.4, -0.2) is 31.2 Å². The van der Waals surface area contributed by atoms with Crippen LogP contribution >= 0.6 is 39.7 Å². The van der Waals surface area contributed by atoms with Crippen molar-refractivity contribution >= 4 is 39.7 Å². The van der Waals surface area contributed by atoms with E-state index in [0.717, 1.165) is 12.8 Å². The van der Waals surface area contributed by atoms with E-state index in [-0.39, 0.29) is 11.7 Å². The smallest absolute Gasteiger partial charge is 0.0776 e. The van der Waals surface area contributed by atoms with Crippen molar-refractivity contribution in [2.75, 3.05) is 19.5 Å². The van der Waals surface area contributed by atoms with Gasteiger partial charge < -0.3 is 9.47 Å². The van der Waals surface area contributed by atoms with Gasteiger partial charge in [-0.1, -0.05) is 0 Å². The zero-order valence-corrected chi connectivity index (χ0v) is 13.3. The van der Waals surface area contributed by atoms with E-state index >= 15 is 0 Å². The minimum absolute atomic E-state index is 0.109. The summed E-state index contributed by atoms with van der Waals surface area (Å²) in [5, 5.41) is 0. The van der Waals surface area contributed by atoms with Gasteiger partial charge in [0.1, 0.15) is 0 Å². The van der Waals surface area contributed by atoms with Crippen LogP contribution in [0.15, 0.2) is 0 Å². The maximum Gasteiger partial charge on any atom is 0.0776 e. The summed E-state index contributed by atoms with van der Waals surface area (Å²) < 4.78 is 10.9. The zero-order chi connectivity index (χ0) is 12.8. The Hall–Kier alpha value is 1.14. The average molecular weight is 312 g/mol. The molecule has 0 radical (unpaired) electrons. The van der Waals surface area contributed by atoms with Gasteiger partial charge in [0.25, 0.3) is 0 Å². The van der Waals surface area contributed by atoms with E-state index in [1.165, 1.54) is 0 Å². The number of halogens is 3. The molecule has 0 heterocycles. The second-order valence-electron chi connectivity index (χ2n) is 4.43. The van der Waals surface area contributed by atoms with Crippen molar-refractivity contribution in [2.45, 2.75) is 45.3 Å². The van der Waals surface area contributed by atoms with Crippen LogP contribution in [-0.2, 0) is 9.47 Å². The summed E-state index contributed by atoms with van der Waals surface area (Å²) in [5.74, 6) is 0.629. The van der Waals surface area contributed by atoms with Gasteiger partial charge in [0.15, 0.2) is 0 Å². The molecule has 0 rings (SSSR count). The third kappa shape index (κ3) is 10.3. The van der Waals surface area contributed by atoms with Crippen LogP contribution in [0, 0.1) is 0 Å². The molecule has 0 aromatic carbocycles. The van der Waals surface area contributed by atoms with Crippen molar-refractivity contribution in [3.8, 4) is 0 Å². The van der Waals surface area contributed by atoms with Gasteiger partial charge >= 0.3 is 0 Å². The molecule has 6 heteroatoms. The molecule has 0 bridgehead atoms. The van der Waals surface area contributed by atoms with Crippen LogP contribution in [0.1, 0.15) is 33.6 Å². The molecule has 0 saturated carbocycles. The number of hydrogen-bond donors (Lipinski definition) is 0. The maximum absolute atomic E-state index is 5.77. The predicted octanol–water partition coefficient (Wildman–Crippen LogP) is 4.86. The van der Waals surface area contributed by atoms with E-state index in [2.05, 4.69) is 0 Å². The topological polar surface area (TPSA) is 18.5 Å². The first-order chi connectivity index (χ1) is 7.16. The van der Waals surface area contributed by atoms with Crippen molar-refractivity contribution in [3.63, 3.8) is 0 Å². The number of rotatable bonds is 8. The minimum atomic E-state index is -1.95. The lowest BCUT2D eigenvalue weighted by Gasteiger charge is -2.27. The van der Waals surface area contributed by atoms with Crippen molar-refractivity contribution in [3.05, 3.63) is 0 Å². The molecule has 0 amide bonds. The van der Waals surface area contributed by atoms with Gasteiger partial charge in [0.05, 0.1) is 18.3 Å². The highest BCUT2D eigenvalue weighted by molar-refractivity contribution is 8.79. The largest absolute Gasteiger partial charge is 0.379 e. The molecule has 0 aromatic heterocycles. The third-order valence-corrected chi connectivity index (χ3v) is 4.41. The van der Waals surface area contributed by atoms with Crippen LogP contribution in [0.3, 0.4) is 0 Å². The van der Waals surface area contributed by atoms with Crippen LogP contribution in [0.5, 0.6) is 0 Å². The van der Waals surface area contributed by atoms with Crippen LogP contribution in [0.2, 0.25) is 0 Å². The summed E-state index contributed by atoms with van der Waals surface area (Å²) in [5.41, 5.74) is -0.192. The Morgan fingerprint density at radius 3 is 2.25 bits per heavy atom. The van der Waals surface area contributed by atoms with Gasteiger partial charge in [0, 0.05) is 12.9 Å². The zero-order valence-electron chi connectivity index (χ0n) is 10.3. The van der Waals surface area contributed by atoms with E-state index in [1.807, 2.05) is 20.8 Å². The van der Waals surface area contributed by atoms with E-state index in [4.69, 9.17) is 41.5 Å². The molecule has 0 aromatic rings. The fourth-order valence-corrected chi connectivity index (χ4v) is 2.60. The van der Waals surface area contributed by atoms with E-state index < -0.39 is 7.67 Å². The third-order valence-electron chi connectivity index (χ3n) is 2.27. The maximum atomic E-state index is 5.77.